The van der Waals surface area contributed by atoms with Crippen LogP contribution in [0.15, 0.2) is 54.6 Å². The number of methoxy groups -OCH3 is 1. The number of para-hydroxylation sites is 2. The third-order valence-corrected chi connectivity index (χ3v) is 5.20. The van der Waals surface area contributed by atoms with Gasteiger partial charge in [-0.05, 0) is 24.1 Å². The van der Waals surface area contributed by atoms with Crippen molar-refractivity contribution in [1.29, 1.82) is 0 Å². The van der Waals surface area contributed by atoms with Gasteiger partial charge >= 0.3 is 0 Å². The van der Waals surface area contributed by atoms with E-state index < -0.39 is 0 Å². The van der Waals surface area contributed by atoms with Gasteiger partial charge in [-0.2, -0.15) is 0 Å². The summed E-state index contributed by atoms with van der Waals surface area (Å²) in [6, 6.07) is 18.0. The second kappa shape index (κ2) is 10.5. The Labute approximate surface area is 172 Å². The van der Waals surface area contributed by atoms with Crippen LogP contribution in [0, 0.1) is 0 Å². The summed E-state index contributed by atoms with van der Waals surface area (Å²) < 4.78 is 5.43. The molecule has 0 atom stereocenters. The van der Waals surface area contributed by atoms with Gasteiger partial charge in [-0.25, -0.2) is 0 Å². The van der Waals surface area contributed by atoms with Crippen LogP contribution in [-0.2, 0) is 16.0 Å². The Morgan fingerprint density at radius 3 is 2.34 bits per heavy atom. The van der Waals surface area contributed by atoms with Gasteiger partial charge in [0.2, 0.25) is 11.8 Å². The summed E-state index contributed by atoms with van der Waals surface area (Å²) in [6.45, 7) is 3.43. The minimum Gasteiger partial charge on any atom is -0.495 e. The predicted molar refractivity (Wildman–Crippen MR) is 114 cm³/mol. The number of nitrogens with zero attached hydrogens (tertiary/aromatic N) is 2. The highest BCUT2D eigenvalue weighted by molar-refractivity contribution is 5.84. The number of nitrogens with one attached hydrogen (secondary N) is 1. The summed E-state index contributed by atoms with van der Waals surface area (Å²) in [4.78, 5) is 28.6. The fourth-order valence-corrected chi connectivity index (χ4v) is 3.55. The maximum absolute atomic E-state index is 12.5. The van der Waals surface area contributed by atoms with Crippen LogP contribution in [0.3, 0.4) is 0 Å². The third kappa shape index (κ3) is 5.98. The number of piperazine rings is 1. The lowest BCUT2D eigenvalue weighted by Crippen LogP contribution is -2.49. The number of carbonyl (C=O) groups excluding carboxylic acids is 2. The smallest absolute Gasteiger partial charge is 0.223 e. The molecule has 0 radical (unpaired) electrons. The minimum absolute atomic E-state index is 0.0443. The molecule has 3 rings (SSSR count). The minimum atomic E-state index is -0.0676. The van der Waals surface area contributed by atoms with Crippen molar-refractivity contribution >= 4 is 17.5 Å². The van der Waals surface area contributed by atoms with Crippen LogP contribution >= 0.6 is 0 Å². The Bertz CT molecular complexity index is 802. The van der Waals surface area contributed by atoms with Crippen LogP contribution < -0.4 is 15.0 Å². The summed E-state index contributed by atoms with van der Waals surface area (Å²) in [5, 5.41) is 2.90. The average molecular weight is 396 g/mol. The van der Waals surface area contributed by atoms with Crippen molar-refractivity contribution in [2.45, 2.75) is 19.3 Å². The Hall–Kier alpha value is -3.02. The number of hydrogen-bond donors (Lipinski definition) is 1. The molecule has 0 spiro atoms. The molecule has 1 aliphatic heterocycles. The van der Waals surface area contributed by atoms with Gasteiger partial charge in [-0.15, -0.1) is 0 Å². The molecule has 1 saturated heterocycles. The van der Waals surface area contributed by atoms with Gasteiger partial charge in [0.15, 0.2) is 0 Å². The molecule has 0 bridgehead atoms. The molecule has 2 aromatic carbocycles. The van der Waals surface area contributed by atoms with Crippen LogP contribution in [0.25, 0.3) is 0 Å². The molecule has 1 heterocycles. The van der Waals surface area contributed by atoms with Crippen molar-refractivity contribution in [2.75, 3.05) is 44.7 Å². The van der Waals surface area contributed by atoms with E-state index >= 15 is 0 Å². The fraction of sp³-hybridized carbons (Fsp3) is 0.391. The molecule has 0 aromatic heterocycles. The van der Waals surface area contributed by atoms with E-state index in [-0.39, 0.29) is 24.7 Å². The van der Waals surface area contributed by atoms with Gasteiger partial charge in [0.05, 0.1) is 12.8 Å². The zero-order valence-electron chi connectivity index (χ0n) is 17.0. The molecular weight excluding hydrogens is 366 g/mol. The number of benzene rings is 2. The molecule has 1 aliphatic rings. The Kier molecular flexibility index (Phi) is 7.50. The molecule has 0 unspecified atom stereocenters. The van der Waals surface area contributed by atoms with Crippen LogP contribution in [0.4, 0.5) is 5.69 Å². The van der Waals surface area contributed by atoms with Gasteiger partial charge in [-0.1, -0.05) is 42.5 Å². The summed E-state index contributed by atoms with van der Waals surface area (Å²) in [6.07, 6.45) is 1.29. The van der Waals surface area contributed by atoms with Crippen molar-refractivity contribution in [3.05, 3.63) is 60.2 Å². The molecule has 2 aromatic rings. The number of hydrogen-bond acceptors (Lipinski definition) is 4. The Morgan fingerprint density at radius 2 is 1.62 bits per heavy atom. The van der Waals surface area contributed by atoms with E-state index in [1.807, 2.05) is 59.5 Å². The van der Waals surface area contributed by atoms with Crippen molar-refractivity contribution < 1.29 is 14.3 Å². The zero-order chi connectivity index (χ0) is 20.5. The second-order valence-electron chi connectivity index (χ2n) is 7.13. The van der Waals surface area contributed by atoms with E-state index in [1.54, 1.807) is 7.11 Å². The molecule has 29 heavy (non-hydrogen) atoms. The first-order valence-electron chi connectivity index (χ1n) is 10.1. The van der Waals surface area contributed by atoms with Gasteiger partial charge in [0.1, 0.15) is 5.75 Å². The molecule has 6 heteroatoms. The number of anilines is 1. The topological polar surface area (TPSA) is 61.9 Å². The normalized spacial score (nSPS) is 13.8. The standard InChI is InChI=1S/C23H29N3O3/c1-29-21-10-6-5-9-20(21)25-15-17-26(18-16-25)23(28)12-11-22(27)24-14-13-19-7-3-2-4-8-19/h2-10H,11-18H2,1H3,(H,24,27). The molecule has 154 valence electrons. The lowest BCUT2D eigenvalue weighted by atomic mass is 10.1. The second-order valence-corrected chi connectivity index (χ2v) is 7.13. The lowest BCUT2D eigenvalue weighted by Gasteiger charge is -2.36. The maximum atomic E-state index is 12.5. The Balaban J connectivity index is 1.37. The van der Waals surface area contributed by atoms with E-state index in [0.29, 0.717) is 19.6 Å². The van der Waals surface area contributed by atoms with Crippen LogP contribution in [0.2, 0.25) is 0 Å². The van der Waals surface area contributed by atoms with E-state index in [0.717, 1.165) is 30.9 Å². The van der Waals surface area contributed by atoms with Gasteiger partial charge in [-0.3, -0.25) is 9.59 Å². The lowest BCUT2D eigenvalue weighted by molar-refractivity contribution is -0.133. The molecule has 2 amide bonds. The van der Waals surface area contributed by atoms with Crippen molar-refractivity contribution in [2.24, 2.45) is 0 Å². The number of rotatable bonds is 8. The largest absolute Gasteiger partial charge is 0.495 e. The van der Waals surface area contributed by atoms with E-state index in [9.17, 15) is 9.59 Å². The van der Waals surface area contributed by atoms with E-state index in [2.05, 4.69) is 10.2 Å². The van der Waals surface area contributed by atoms with Crippen molar-refractivity contribution in [3.8, 4) is 5.75 Å². The van der Waals surface area contributed by atoms with E-state index in [1.165, 1.54) is 5.56 Å². The summed E-state index contributed by atoms with van der Waals surface area (Å²) in [7, 11) is 1.67. The summed E-state index contributed by atoms with van der Waals surface area (Å²) >= 11 is 0. The van der Waals surface area contributed by atoms with Crippen molar-refractivity contribution in [1.82, 2.24) is 10.2 Å². The molecule has 6 nitrogen and oxygen atoms in total. The first-order chi connectivity index (χ1) is 14.2. The van der Waals surface area contributed by atoms with Crippen LogP contribution in [0.1, 0.15) is 18.4 Å². The Morgan fingerprint density at radius 1 is 0.931 bits per heavy atom. The van der Waals surface area contributed by atoms with Crippen LogP contribution in [-0.4, -0.2) is 56.5 Å². The van der Waals surface area contributed by atoms with Gasteiger partial charge in [0.25, 0.3) is 0 Å². The molecule has 0 aliphatic carbocycles. The fourth-order valence-electron chi connectivity index (χ4n) is 3.55. The van der Waals surface area contributed by atoms with Crippen LogP contribution in [0.5, 0.6) is 5.75 Å². The van der Waals surface area contributed by atoms with E-state index in [4.69, 9.17) is 4.74 Å². The highest BCUT2D eigenvalue weighted by atomic mass is 16.5. The predicted octanol–water partition coefficient (Wildman–Crippen LogP) is 2.48. The SMILES string of the molecule is COc1ccccc1N1CCN(C(=O)CCC(=O)NCCc2ccccc2)CC1. The summed E-state index contributed by atoms with van der Waals surface area (Å²) in [5.41, 5.74) is 2.25. The van der Waals surface area contributed by atoms with Gasteiger partial charge in [0, 0.05) is 45.6 Å². The molecule has 1 fully saturated rings. The quantitative estimate of drug-likeness (QED) is 0.746. The zero-order valence-corrected chi connectivity index (χ0v) is 17.0. The molecule has 1 N–H and O–H groups in total. The first kappa shape index (κ1) is 20.7. The molecule has 0 saturated carbocycles. The van der Waals surface area contributed by atoms with Gasteiger partial charge < -0.3 is 19.9 Å². The average Bonchev–Trinajstić information content (AvgIpc) is 2.78. The monoisotopic (exact) mass is 395 g/mol. The number of carbonyl (C=O) groups is 2. The summed E-state index contributed by atoms with van der Waals surface area (Å²) in [5.74, 6) is 0.823. The number of ether oxygens (including phenoxy) is 1. The number of amides is 2. The van der Waals surface area contributed by atoms with Crippen molar-refractivity contribution in [3.63, 3.8) is 0 Å². The molecular formula is C23H29N3O3. The highest BCUT2D eigenvalue weighted by Gasteiger charge is 2.23. The maximum Gasteiger partial charge on any atom is 0.223 e. The highest BCUT2D eigenvalue weighted by Crippen LogP contribution is 2.28. The third-order valence-electron chi connectivity index (χ3n) is 5.20. The first-order valence-corrected chi connectivity index (χ1v) is 10.1.